The van der Waals surface area contributed by atoms with Crippen LogP contribution in [0.4, 0.5) is 4.79 Å². The first-order chi connectivity index (χ1) is 23.2. The molecule has 13 nitrogen and oxygen atoms in total. The molecule has 1 aromatic heterocycles. The molecule has 4 bridgehead atoms. The molecule has 2 saturated carbocycles. The molecule has 1 saturated heterocycles. The average Bonchev–Trinajstić information content (AvgIpc) is 3.97. The maximum atomic E-state index is 14.4. The van der Waals surface area contributed by atoms with E-state index < -0.39 is 74.1 Å². The number of aryl methyl sites for hydroxylation is 1. The van der Waals surface area contributed by atoms with Crippen molar-refractivity contribution < 1.29 is 37.1 Å². The maximum Gasteiger partial charge on any atom is 0.407 e. The highest BCUT2D eigenvalue weighted by Crippen LogP contribution is 2.45. The number of amides is 4. The van der Waals surface area contributed by atoms with Crippen molar-refractivity contribution in [2.75, 3.05) is 13.2 Å². The van der Waals surface area contributed by atoms with Crippen molar-refractivity contribution in [3.63, 3.8) is 0 Å². The number of alkyl carbamates (subject to hydrolysis) is 1. The third-order valence-electron chi connectivity index (χ3n) is 9.89. The Bertz CT molecular complexity index is 1770. The maximum absolute atomic E-state index is 14.4. The highest BCUT2D eigenvalue weighted by Gasteiger charge is 2.62. The molecule has 1 unspecified atom stereocenters. The SMILES string of the molecule is C=CC1C[C@]1(NC(=O)[C@@H]1C[C@@H]2CN1C(=O)[C@H](C(C)(C)C)NC(=O)OCCCCCc1ccc3ccnc(c3c1)O2)C(=O)NS(=O)(=O)C1CC1. The second-order valence-electron chi connectivity index (χ2n) is 14.7. The highest BCUT2D eigenvalue weighted by atomic mass is 32.2. The lowest BCUT2D eigenvalue weighted by Gasteiger charge is -2.35. The molecule has 3 fully saturated rings. The lowest BCUT2D eigenvalue weighted by molar-refractivity contribution is -0.142. The summed E-state index contributed by atoms with van der Waals surface area (Å²) in [4.78, 5) is 60.8. The number of cyclic esters (lactones) is 1. The molecule has 264 valence electrons. The predicted octanol–water partition coefficient (Wildman–Crippen LogP) is 3.12. The number of carbonyl (C=O) groups excluding carboxylic acids is 4. The van der Waals surface area contributed by atoms with Gasteiger partial charge >= 0.3 is 6.09 Å². The number of hydrogen-bond acceptors (Lipinski definition) is 9. The summed E-state index contributed by atoms with van der Waals surface area (Å²) in [6.07, 6.45) is 6.14. The quantitative estimate of drug-likeness (QED) is 0.384. The standard InChI is InChI=1S/C35H45N5O8S/c1-5-23-19-35(23,32(43)39-49(45,46)25-12-13-25)38-29(41)27-18-24-20-40(27)31(42)28(34(2,3)4)37-33(44)47-16-8-6-7-9-21-10-11-22-14-15-36-30(48-24)26(22)17-21/h5,10-11,14-15,17,23-25,27-28H,1,6-9,12-13,16,18-20H2,2-4H3,(H,37,44)(H,38,41)(H,39,43)/t23?,24-,27+,28-,35-/m1/s1. The van der Waals surface area contributed by atoms with Gasteiger partial charge in [0.05, 0.1) is 18.4 Å². The minimum absolute atomic E-state index is 0.00186. The van der Waals surface area contributed by atoms with Crippen molar-refractivity contribution in [2.45, 2.75) is 101 Å². The van der Waals surface area contributed by atoms with E-state index in [2.05, 4.69) is 33.0 Å². The molecule has 6 rings (SSSR count). The molecular formula is C35H45N5O8S. The number of nitrogens with one attached hydrogen (secondary N) is 3. The van der Waals surface area contributed by atoms with Crippen LogP contribution in [-0.2, 0) is 35.6 Å². The minimum Gasteiger partial charge on any atom is -0.472 e. The van der Waals surface area contributed by atoms with E-state index in [0.29, 0.717) is 25.1 Å². The van der Waals surface area contributed by atoms with Crippen molar-refractivity contribution in [3.05, 3.63) is 48.7 Å². The van der Waals surface area contributed by atoms with Gasteiger partial charge in [-0.3, -0.25) is 19.1 Å². The number of benzene rings is 1. The van der Waals surface area contributed by atoms with Crippen molar-refractivity contribution in [1.29, 1.82) is 0 Å². The van der Waals surface area contributed by atoms with E-state index in [1.165, 1.54) is 11.0 Å². The van der Waals surface area contributed by atoms with Gasteiger partial charge < -0.3 is 25.0 Å². The molecule has 2 aromatic rings. The number of carbonyl (C=O) groups is 4. The van der Waals surface area contributed by atoms with Crippen LogP contribution in [0.2, 0.25) is 0 Å². The molecule has 4 amide bonds. The molecule has 4 aliphatic rings. The molecule has 0 radical (unpaired) electrons. The number of pyridine rings is 1. The number of ether oxygens (including phenoxy) is 2. The summed E-state index contributed by atoms with van der Waals surface area (Å²) in [6.45, 7) is 9.37. The van der Waals surface area contributed by atoms with Gasteiger partial charge in [0.2, 0.25) is 27.7 Å². The second-order valence-corrected chi connectivity index (χ2v) is 16.7. The van der Waals surface area contributed by atoms with E-state index in [1.54, 1.807) is 27.0 Å². The Kier molecular flexibility index (Phi) is 9.38. The van der Waals surface area contributed by atoms with Crippen LogP contribution in [0.15, 0.2) is 43.1 Å². The zero-order valence-corrected chi connectivity index (χ0v) is 29.0. The number of nitrogens with zero attached hydrogens (tertiary/aromatic N) is 2. The zero-order chi connectivity index (χ0) is 35.1. The fraction of sp³-hybridized carbons (Fsp3) is 0.571. The molecule has 3 N–H and O–H groups in total. The van der Waals surface area contributed by atoms with Crippen LogP contribution < -0.4 is 20.1 Å². The van der Waals surface area contributed by atoms with Crippen LogP contribution >= 0.6 is 0 Å². The molecule has 5 atom stereocenters. The first-order valence-electron chi connectivity index (χ1n) is 17.0. The molecule has 2 aliphatic heterocycles. The van der Waals surface area contributed by atoms with Gasteiger partial charge in [-0.1, -0.05) is 39.0 Å². The number of hydrogen-bond donors (Lipinski definition) is 3. The molecule has 1 aromatic carbocycles. The molecule has 0 spiro atoms. The number of aromatic nitrogens is 1. The fourth-order valence-electron chi connectivity index (χ4n) is 6.74. The lowest BCUT2D eigenvalue weighted by atomic mass is 9.85. The van der Waals surface area contributed by atoms with Crippen LogP contribution in [0.25, 0.3) is 10.8 Å². The van der Waals surface area contributed by atoms with E-state index in [0.717, 1.165) is 35.6 Å². The van der Waals surface area contributed by atoms with Crippen LogP contribution in [0.5, 0.6) is 5.88 Å². The van der Waals surface area contributed by atoms with Crippen LogP contribution in [-0.4, -0.2) is 84.2 Å². The summed E-state index contributed by atoms with van der Waals surface area (Å²) in [5.74, 6) is -2.11. The normalized spacial score (nSPS) is 28.0. The Morgan fingerprint density at radius 1 is 1.14 bits per heavy atom. The Labute approximate surface area is 286 Å². The average molecular weight is 696 g/mol. The lowest BCUT2D eigenvalue weighted by Crippen LogP contribution is -2.60. The zero-order valence-electron chi connectivity index (χ0n) is 28.2. The van der Waals surface area contributed by atoms with Gasteiger partial charge in [0, 0.05) is 23.9 Å². The van der Waals surface area contributed by atoms with E-state index in [9.17, 15) is 27.6 Å². The van der Waals surface area contributed by atoms with Gasteiger partial charge in [0.1, 0.15) is 23.7 Å². The monoisotopic (exact) mass is 695 g/mol. The minimum atomic E-state index is -3.88. The van der Waals surface area contributed by atoms with Crippen LogP contribution in [0.1, 0.15) is 71.3 Å². The Morgan fingerprint density at radius 2 is 1.92 bits per heavy atom. The summed E-state index contributed by atoms with van der Waals surface area (Å²) >= 11 is 0. The molecule has 2 aliphatic carbocycles. The van der Waals surface area contributed by atoms with Crippen molar-refractivity contribution in [3.8, 4) is 5.88 Å². The van der Waals surface area contributed by atoms with E-state index in [-0.39, 0.29) is 26.0 Å². The number of sulfonamides is 1. The summed E-state index contributed by atoms with van der Waals surface area (Å²) in [5.41, 5.74) is -1.19. The Balaban J connectivity index is 1.32. The molecular weight excluding hydrogens is 650 g/mol. The highest BCUT2D eigenvalue weighted by molar-refractivity contribution is 7.91. The second kappa shape index (κ2) is 13.3. The van der Waals surface area contributed by atoms with Gasteiger partial charge in [0.25, 0.3) is 5.91 Å². The van der Waals surface area contributed by atoms with Gasteiger partial charge in [-0.2, -0.15) is 0 Å². The Morgan fingerprint density at radius 3 is 2.61 bits per heavy atom. The summed E-state index contributed by atoms with van der Waals surface area (Å²) in [6, 6.07) is 5.85. The van der Waals surface area contributed by atoms with E-state index >= 15 is 0 Å². The topological polar surface area (TPSA) is 173 Å². The van der Waals surface area contributed by atoms with E-state index in [1.807, 2.05) is 18.2 Å². The third kappa shape index (κ3) is 7.38. The van der Waals surface area contributed by atoms with Gasteiger partial charge in [-0.05, 0) is 73.4 Å². The molecule has 3 heterocycles. The van der Waals surface area contributed by atoms with Crippen molar-refractivity contribution >= 4 is 44.6 Å². The van der Waals surface area contributed by atoms with E-state index in [4.69, 9.17) is 9.47 Å². The van der Waals surface area contributed by atoms with Crippen molar-refractivity contribution in [2.24, 2.45) is 11.3 Å². The fourth-order valence-corrected chi connectivity index (χ4v) is 8.10. The smallest absolute Gasteiger partial charge is 0.407 e. The van der Waals surface area contributed by atoms with Gasteiger partial charge in [-0.25, -0.2) is 18.2 Å². The van der Waals surface area contributed by atoms with Crippen LogP contribution in [0, 0.1) is 11.3 Å². The first kappa shape index (κ1) is 34.7. The third-order valence-corrected chi connectivity index (χ3v) is 11.7. The Hall–Kier alpha value is -4.20. The molecule has 14 heteroatoms. The predicted molar refractivity (Wildman–Crippen MR) is 181 cm³/mol. The number of rotatable bonds is 6. The summed E-state index contributed by atoms with van der Waals surface area (Å²) in [5, 5.41) is 6.65. The first-order valence-corrected chi connectivity index (χ1v) is 18.6. The summed E-state index contributed by atoms with van der Waals surface area (Å²) < 4.78 is 39.3. The van der Waals surface area contributed by atoms with Crippen molar-refractivity contribution in [1.82, 2.24) is 25.2 Å². The van der Waals surface area contributed by atoms with Gasteiger partial charge in [0.15, 0.2) is 0 Å². The van der Waals surface area contributed by atoms with Gasteiger partial charge in [-0.15, -0.1) is 6.58 Å². The summed E-state index contributed by atoms with van der Waals surface area (Å²) in [7, 11) is -3.88. The van der Waals surface area contributed by atoms with Crippen LogP contribution in [0.3, 0.4) is 0 Å². The number of fused-ring (bicyclic) bond motifs is 3. The largest absolute Gasteiger partial charge is 0.472 e. The molecule has 49 heavy (non-hydrogen) atoms.